The lowest BCUT2D eigenvalue weighted by atomic mass is 10.2. The van der Waals surface area contributed by atoms with Crippen LogP contribution in [0.25, 0.3) is 0 Å². The van der Waals surface area contributed by atoms with E-state index in [1.807, 2.05) is 30.3 Å². The first-order valence-corrected chi connectivity index (χ1v) is 11.8. The van der Waals surface area contributed by atoms with E-state index < -0.39 is 0 Å². The van der Waals surface area contributed by atoms with E-state index in [9.17, 15) is 0 Å². The second-order valence-corrected chi connectivity index (χ2v) is 8.69. The van der Waals surface area contributed by atoms with E-state index in [1.54, 1.807) is 41.9 Å². The van der Waals surface area contributed by atoms with Gasteiger partial charge in [-0.2, -0.15) is 0 Å². The maximum absolute atomic E-state index is 5.92. The van der Waals surface area contributed by atoms with Gasteiger partial charge in [0.05, 0.1) is 5.56 Å². The molecule has 0 spiro atoms. The minimum absolute atomic E-state index is 0.0312. The van der Waals surface area contributed by atoms with Crippen molar-refractivity contribution < 1.29 is 4.74 Å². The molecular formula is C19H21ClN6OS2. The molecule has 7 nitrogen and oxygen atoms in total. The highest BCUT2D eigenvalue weighted by atomic mass is 35.5. The minimum Gasteiger partial charge on any atom is -0.461 e. The van der Waals surface area contributed by atoms with Gasteiger partial charge in [0.2, 0.25) is 0 Å². The maximum atomic E-state index is 5.92. The fourth-order valence-electron chi connectivity index (χ4n) is 2.91. The summed E-state index contributed by atoms with van der Waals surface area (Å²) in [5, 5.41) is 7.76. The molecule has 1 atom stereocenters. The van der Waals surface area contributed by atoms with Crippen LogP contribution < -0.4 is 15.5 Å². The standard InChI is InChI=1S/C19H21ClN6OS2/c1-4-9-29-19-23-16-15(18(24-19)28-3)17-22-14(25-26(17)11(2)21-16)10-27-13-7-5-12(20)6-8-13/h5-8,10-11,25H,4,9H2,1-3H3,(H,21,23,24). The molecule has 1 unspecified atom stereocenters. The third kappa shape index (κ3) is 4.26. The largest absolute Gasteiger partial charge is 0.461 e. The van der Waals surface area contributed by atoms with Crippen molar-refractivity contribution in [1.29, 1.82) is 0 Å². The number of nitrogens with zero attached hydrogens (tertiary/aromatic N) is 4. The molecule has 2 aliphatic rings. The van der Waals surface area contributed by atoms with Crippen molar-refractivity contribution in [1.82, 2.24) is 20.4 Å². The molecule has 0 aliphatic carbocycles. The van der Waals surface area contributed by atoms with Gasteiger partial charge in [-0.1, -0.05) is 30.3 Å². The van der Waals surface area contributed by atoms with Crippen LogP contribution in [0.2, 0.25) is 5.02 Å². The van der Waals surface area contributed by atoms with E-state index in [1.165, 1.54) is 0 Å². The molecule has 0 fully saturated rings. The number of benzene rings is 1. The van der Waals surface area contributed by atoms with Crippen molar-refractivity contribution in [3.63, 3.8) is 0 Å². The number of rotatable bonds is 6. The molecule has 0 amide bonds. The first-order valence-electron chi connectivity index (χ1n) is 9.21. The van der Waals surface area contributed by atoms with Crippen LogP contribution in [0.15, 0.2) is 51.5 Å². The van der Waals surface area contributed by atoms with Crippen LogP contribution in [0.1, 0.15) is 25.8 Å². The molecule has 2 aliphatic heterocycles. The summed E-state index contributed by atoms with van der Waals surface area (Å²) in [6, 6.07) is 7.18. The van der Waals surface area contributed by atoms with Crippen LogP contribution >= 0.6 is 35.1 Å². The molecule has 152 valence electrons. The van der Waals surface area contributed by atoms with Crippen molar-refractivity contribution in [3.05, 3.63) is 46.9 Å². The van der Waals surface area contributed by atoms with Crippen LogP contribution in [0, 0.1) is 0 Å². The van der Waals surface area contributed by atoms with E-state index in [0.29, 0.717) is 16.6 Å². The van der Waals surface area contributed by atoms with Crippen LogP contribution in [0.3, 0.4) is 0 Å². The third-order valence-corrected chi connectivity index (χ3v) is 6.24. The lowest BCUT2D eigenvalue weighted by molar-refractivity contribution is 0.298. The monoisotopic (exact) mass is 448 g/mol. The number of hydrazine groups is 1. The summed E-state index contributed by atoms with van der Waals surface area (Å²) in [6.45, 7) is 4.20. The van der Waals surface area contributed by atoms with Gasteiger partial charge >= 0.3 is 0 Å². The molecular weight excluding hydrogens is 428 g/mol. The maximum Gasteiger partial charge on any atom is 0.190 e. The number of hydrogen-bond acceptors (Lipinski definition) is 9. The Kier molecular flexibility index (Phi) is 6.07. The van der Waals surface area contributed by atoms with Crippen molar-refractivity contribution in [2.75, 3.05) is 17.3 Å². The van der Waals surface area contributed by atoms with Gasteiger partial charge in [0.1, 0.15) is 29.0 Å². The van der Waals surface area contributed by atoms with Gasteiger partial charge in [-0.15, -0.1) is 11.8 Å². The van der Waals surface area contributed by atoms with Crippen LogP contribution in [-0.2, 0) is 0 Å². The Bertz CT molecular complexity index is 966. The highest BCUT2D eigenvalue weighted by molar-refractivity contribution is 7.99. The number of fused-ring (bicyclic) bond motifs is 3. The summed E-state index contributed by atoms with van der Waals surface area (Å²) in [5.74, 6) is 3.88. The van der Waals surface area contributed by atoms with Crippen molar-refractivity contribution >= 4 is 46.8 Å². The van der Waals surface area contributed by atoms with E-state index in [2.05, 4.69) is 17.7 Å². The fraction of sp³-hybridized carbons (Fsp3) is 0.316. The summed E-state index contributed by atoms with van der Waals surface area (Å²) in [7, 11) is 0. The first-order chi connectivity index (χ1) is 14.1. The van der Waals surface area contributed by atoms with Gasteiger partial charge in [-0.25, -0.2) is 20.0 Å². The second kappa shape index (κ2) is 8.73. The molecule has 2 N–H and O–H groups in total. The van der Waals surface area contributed by atoms with Crippen LogP contribution in [0.4, 0.5) is 5.82 Å². The van der Waals surface area contributed by atoms with Crippen molar-refractivity contribution in [2.45, 2.75) is 36.6 Å². The predicted octanol–water partition coefficient (Wildman–Crippen LogP) is 4.57. The van der Waals surface area contributed by atoms with Gasteiger partial charge in [0.15, 0.2) is 16.8 Å². The minimum atomic E-state index is -0.0312. The van der Waals surface area contributed by atoms with E-state index in [-0.39, 0.29) is 6.17 Å². The summed E-state index contributed by atoms with van der Waals surface area (Å²) < 4.78 is 5.72. The Morgan fingerprint density at radius 3 is 2.79 bits per heavy atom. The Morgan fingerprint density at radius 2 is 2.07 bits per heavy atom. The Hall–Kier alpha value is -2.10. The molecule has 3 heterocycles. The zero-order valence-electron chi connectivity index (χ0n) is 16.3. The number of halogens is 1. The molecule has 29 heavy (non-hydrogen) atoms. The third-order valence-electron chi connectivity index (χ3n) is 4.25. The Balaban J connectivity index is 1.65. The average molecular weight is 449 g/mol. The van der Waals surface area contributed by atoms with Gasteiger partial charge in [-0.05, 0) is 43.9 Å². The number of hydrogen-bond donors (Lipinski definition) is 2. The van der Waals surface area contributed by atoms with Crippen molar-refractivity contribution in [3.8, 4) is 5.75 Å². The smallest absolute Gasteiger partial charge is 0.190 e. The topological polar surface area (TPSA) is 74.7 Å². The normalized spacial score (nSPS) is 18.6. The fourth-order valence-corrected chi connectivity index (χ4v) is 4.36. The highest BCUT2D eigenvalue weighted by Gasteiger charge is 2.36. The molecule has 0 saturated heterocycles. The summed E-state index contributed by atoms with van der Waals surface area (Å²) >= 11 is 9.18. The average Bonchev–Trinajstić information content (AvgIpc) is 3.16. The number of nitrogens with one attached hydrogen (secondary N) is 2. The number of anilines is 1. The van der Waals surface area contributed by atoms with E-state index >= 15 is 0 Å². The number of thioether (sulfide) groups is 2. The number of amidine groups is 1. The molecule has 4 rings (SSSR count). The van der Waals surface area contributed by atoms with Gasteiger partial charge in [-0.3, -0.25) is 5.43 Å². The van der Waals surface area contributed by atoms with E-state index in [0.717, 1.165) is 39.6 Å². The molecule has 2 aromatic rings. The molecule has 1 aromatic heterocycles. The summed E-state index contributed by atoms with van der Waals surface area (Å²) in [6.07, 6.45) is 4.65. The quantitative estimate of drug-likeness (QED) is 0.288. The van der Waals surface area contributed by atoms with Gasteiger partial charge in [0.25, 0.3) is 0 Å². The number of aromatic nitrogens is 2. The summed E-state index contributed by atoms with van der Waals surface area (Å²) in [4.78, 5) is 14.2. The zero-order chi connectivity index (χ0) is 20.4. The molecule has 1 aromatic carbocycles. The summed E-state index contributed by atoms with van der Waals surface area (Å²) in [5.41, 5.74) is 4.17. The highest BCUT2D eigenvalue weighted by Crippen LogP contribution is 2.34. The SMILES string of the molecule is CCCSc1nc2c(c(SC)n1)C1=NC(=COc3ccc(Cl)cc3)NN1C(C)N2. The van der Waals surface area contributed by atoms with Crippen LogP contribution in [0.5, 0.6) is 5.75 Å². The number of ether oxygens (including phenoxy) is 1. The van der Waals surface area contributed by atoms with Gasteiger partial charge in [0, 0.05) is 10.8 Å². The first kappa shape index (κ1) is 20.2. The Labute approximate surface area is 183 Å². The Morgan fingerprint density at radius 1 is 1.28 bits per heavy atom. The van der Waals surface area contributed by atoms with E-state index in [4.69, 9.17) is 31.3 Å². The molecule has 0 saturated carbocycles. The van der Waals surface area contributed by atoms with Gasteiger partial charge < -0.3 is 10.1 Å². The number of aliphatic imine (C=N–C) groups is 1. The predicted molar refractivity (Wildman–Crippen MR) is 120 cm³/mol. The van der Waals surface area contributed by atoms with Crippen LogP contribution in [-0.4, -0.2) is 39.0 Å². The lowest BCUT2D eigenvalue weighted by Crippen LogP contribution is -2.51. The lowest BCUT2D eigenvalue weighted by Gasteiger charge is -2.34. The van der Waals surface area contributed by atoms with Crippen molar-refractivity contribution in [2.24, 2.45) is 4.99 Å². The zero-order valence-corrected chi connectivity index (χ0v) is 18.7. The molecule has 10 heteroatoms. The molecule has 0 radical (unpaired) electrons. The second-order valence-electron chi connectivity index (χ2n) is 6.40. The molecule has 0 bridgehead atoms.